The SMILES string of the molecule is COc1ccc(C(=O)N/N=C(\C)c2cc(Cl)cc(Cl)c2O)cc1.O. The molecular formula is C16H16Cl2N2O4. The molecule has 6 nitrogen and oxygen atoms in total. The summed E-state index contributed by atoms with van der Waals surface area (Å²) in [5.41, 5.74) is 3.55. The molecule has 128 valence electrons. The summed E-state index contributed by atoms with van der Waals surface area (Å²) in [6, 6.07) is 9.52. The van der Waals surface area contributed by atoms with Gasteiger partial charge >= 0.3 is 0 Å². The van der Waals surface area contributed by atoms with Crippen LogP contribution in [-0.4, -0.2) is 29.3 Å². The molecule has 2 rings (SSSR count). The lowest BCUT2D eigenvalue weighted by Gasteiger charge is -2.07. The number of halogens is 2. The topological polar surface area (TPSA) is 102 Å². The second-order valence-corrected chi connectivity index (χ2v) is 5.49. The highest BCUT2D eigenvalue weighted by Gasteiger charge is 2.11. The summed E-state index contributed by atoms with van der Waals surface area (Å²) in [6.45, 7) is 1.62. The molecule has 1 amide bonds. The van der Waals surface area contributed by atoms with Crippen LogP contribution in [0.4, 0.5) is 0 Å². The molecule has 0 aliphatic heterocycles. The van der Waals surface area contributed by atoms with Crippen LogP contribution < -0.4 is 10.2 Å². The minimum absolute atomic E-state index is 0. The molecule has 0 saturated heterocycles. The van der Waals surface area contributed by atoms with E-state index in [9.17, 15) is 9.90 Å². The Balaban J connectivity index is 0.00000288. The number of benzene rings is 2. The number of phenolic OH excluding ortho intramolecular Hbond substituents is 1. The van der Waals surface area contributed by atoms with Gasteiger partial charge in [0.05, 0.1) is 17.8 Å². The lowest BCUT2D eigenvalue weighted by atomic mass is 10.1. The van der Waals surface area contributed by atoms with E-state index in [0.29, 0.717) is 27.6 Å². The Morgan fingerprint density at radius 1 is 1.21 bits per heavy atom. The Hall–Kier alpha value is -2.28. The number of phenols is 1. The predicted molar refractivity (Wildman–Crippen MR) is 94.4 cm³/mol. The first kappa shape index (κ1) is 19.8. The summed E-state index contributed by atoms with van der Waals surface area (Å²) in [7, 11) is 1.55. The first-order chi connectivity index (χ1) is 10.9. The van der Waals surface area contributed by atoms with Crippen LogP contribution in [-0.2, 0) is 0 Å². The van der Waals surface area contributed by atoms with E-state index in [4.69, 9.17) is 27.9 Å². The molecule has 0 spiro atoms. The molecule has 4 N–H and O–H groups in total. The zero-order chi connectivity index (χ0) is 17.0. The minimum Gasteiger partial charge on any atom is -0.506 e. The number of rotatable bonds is 4. The Bertz CT molecular complexity index is 761. The van der Waals surface area contributed by atoms with E-state index < -0.39 is 0 Å². The minimum atomic E-state index is -0.389. The maximum absolute atomic E-state index is 12.0. The fourth-order valence-electron chi connectivity index (χ4n) is 1.84. The zero-order valence-corrected chi connectivity index (χ0v) is 14.4. The van der Waals surface area contributed by atoms with Crippen molar-refractivity contribution in [3.05, 3.63) is 57.6 Å². The van der Waals surface area contributed by atoms with Gasteiger partial charge < -0.3 is 15.3 Å². The molecule has 0 radical (unpaired) electrons. The molecule has 0 aliphatic carbocycles. The fraction of sp³-hybridized carbons (Fsp3) is 0.125. The lowest BCUT2D eigenvalue weighted by Crippen LogP contribution is -2.19. The molecule has 2 aromatic rings. The number of methoxy groups -OCH3 is 1. The summed E-state index contributed by atoms with van der Waals surface area (Å²) in [5.74, 6) is 0.121. The van der Waals surface area contributed by atoms with Gasteiger partial charge in [0.25, 0.3) is 5.91 Å². The van der Waals surface area contributed by atoms with Gasteiger partial charge in [-0.3, -0.25) is 4.79 Å². The average Bonchev–Trinajstić information content (AvgIpc) is 2.55. The highest BCUT2D eigenvalue weighted by molar-refractivity contribution is 6.36. The molecular weight excluding hydrogens is 355 g/mol. The summed E-state index contributed by atoms with van der Waals surface area (Å²) in [6.07, 6.45) is 0. The van der Waals surface area contributed by atoms with E-state index in [1.54, 1.807) is 38.3 Å². The van der Waals surface area contributed by atoms with Crippen LogP contribution in [0.2, 0.25) is 10.0 Å². The van der Waals surface area contributed by atoms with E-state index >= 15 is 0 Å². The Morgan fingerprint density at radius 3 is 2.42 bits per heavy atom. The number of amides is 1. The second-order valence-electron chi connectivity index (χ2n) is 4.65. The summed E-state index contributed by atoms with van der Waals surface area (Å²) in [5, 5.41) is 14.4. The third-order valence-corrected chi connectivity index (χ3v) is 3.60. The summed E-state index contributed by atoms with van der Waals surface area (Å²) in [4.78, 5) is 12.0. The van der Waals surface area contributed by atoms with Crippen LogP contribution in [0.3, 0.4) is 0 Å². The molecule has 24 heavy (non-hydrogen) atoms. The van der Waals surface area contributed by atoms with Gasteiger partial charge in [-0.25, -0.2) is 5.43 Å². The van der Waals surface area contributed by atoms with E-state index in [1.165, 1.54) is 12.1 Å². The maximum atomic E-state index is 12.0. The van der Waals surface area contributed by atoms with Gasteiger partial charge in [0.2, 0.25) is 0 Å². The van der Waals surface area contributed by atoms with Crippen molar-refractivity contribution in [2.75, 3.05) is 7.11 Å². The van der Waals surface area contributed by atoms with E-state index in [1.807, 2.05) is 0 Å². The molecule has 0 fully saturated rings. The van der Waals surface area contributed by atoms with Gasteiger partial charge in [-0.15, -0.1) is 0 Å². The highest BCUT2D eigenvalue weighted by Crippen LogP contribution is 2.31. The van der Waals surface area contributed by atoms with Crippen LogP contribution in [0.25, 0.3) is 0 Å². The molecule has 0 saturated carbocycles. The Labute approximate surface area is 149 Å². The fourth-order valence-corrected chi connectivity index (χ4v) is 2.34. The van der Waals surface area contributed by atoms with Gasteiger partial charge in [0, 0.05) is 16.1 Å². The van der Waals surface area contributed by atoms with Gasteiger partial charge in [0.1, 0.15) is 11.5 Å². The largest absolute Gasteiger partial charge is 0.506 e. The Morgan fingerprint density at radius 2 is 1.83 bits per heavy atom. The van der Waals surface area contributed by atoms with Crippen LogP contribution in [0, 0.1) is 0 Å². The van der Waals surface area contributed by atoms with Crippen molar-refractivity contribution in [3.8, 4) is 11.5 Å². The predicted octanol–water partition coefficient (Wildman–Crippen LogP) is 3.04. The van der Waals surface area contributed by atoms with Crippen molar-refractivity contribution in [1.29, 1.82) is 0 Å². The van der Waals surface area contributed by atoms with Crippen molar-refractivity contribution >= 4 is 34.8 Å². The number of hydrogen-bond donors (Lipinski definition) is 2. The monoisotopic (exact) mass is 370 g/mol. The molecule has 0 atom stereocenters. The lowest BCUT2D eigenvalue weighted by molar-refractivity contribution is 0.0955. The number of hydrogen-bond acceptors (Lipinski definition) is 4. The highest BCUT2D eigenvalue weighted by atomic mass is 35.5. The number of nitrogens with zero attached hydrogens (tertiary/aromatic N) is 1. The molecule has 0 aromatic heterocycles. The van der Waals surface area contributed by atoms with Crippen molar-refractivity contribution in [2.24, 2.45) is 5.10 Å². The van der Waals surface area contributed by atoms with E-state index in [2.05, 4.69) is 10.5 Å². The van der Waals surface area contributed by atoms with Gasteiger partial charge in [-0.1, -0.05) is 23.2 Å². The number of hydrazone groups is 1. The Kier molecular flexibility index (Phi) is 7.03. The first-order valence-electron chi connectivity index (χ1n) is 6.59. The number of carbonyl (C=O) groups is 1. The number of nitrogens with one attached hydrogen (secondary N) is 1. The van der Waals surface area contributed by atoms with Gasteiger partial charge in [-0.2, -0.15) is 5.10 Å². The molecule has 2 aromatic carbocycles. The van der Waals surface area contributed by atoms with Crippen LogP contribution in [0.15, 0.2) is 41.5 Å². The van der Waals surface area contributed by atoms with E-state index in [0.717, 1.165) is 0 Å². The molecule has 0 bridgehead atoms. The maximum Gasteiger partial charge on any atom is 0.271 e. The van der Waals surface area contributed by atoms with Gasteiger partial charge in [0.15, 0.2) is 0 Å². The molecule has 0 aliphatic rings. The number of carbonyl (C=O) groups excluding carboxylic acids is 1. The average molecular weight is 371 g/mol. The van der Waals surface area contributed by atoms with Crippen LogP contribution >= 0.6 is 23.2 Å². The van der Waals surface area contributed by atoms with E-state index in [-0.39, 0.29) is 22.2 Å². The standard InChI is InChI=1S/C16H14Cl2N2O3.H2O/c1-9(13-7-11(17)8-14(18)15(13)21)19-20-16(22)10-3-5-12(23-2)6-4-10;/h3-8,21H,1-2H3,(H,20,22);1H2/b19-9+;. The quantitative estimate of drug-likeness (QED) is 0.638. The molecule has 0 heterocycles. The zero-order valence-electron chi connectivity index (χ0n) is 12.9. The number of ether oxygens (including phenoxy) is 1. The van der Waals surface area contributed by atoms with Crippen molar-refractivity contribution in [1.82, 2.24) is 5.43 Å². The smallest absolute Gasteiger partial charge is 0.271 e. The van der Waals surface area contributed by atoms with Crippen LogP contribution in [0.5, 0.6) is 11.5 Å². The van der Waals surface area contributed by atoms with Crippen molar-refractivity contribution in [2.45, 2.75) is 6.92 Å². The second kappa shape index (κ2) is 8.54. The third kappa shape index (κ3) is 4.61. The first-order valence-corrected chi connectivity index (χ1v) is 7.35. The molecule has 0 unspecified atom stereocenters. The normalized spacial score (nSPS) is 10.8. The molecule has 8 heteroatoms. The van der Waals surface area contributed by atoms with Gasteiger partial charge in [-0.05, 0) is 43.3 Å². The van der Waals surface area contributed by atoms with Crippen molar-refractivity contribution in [3.63, 3.8) is 0 Å². The number of aromatic hydroxyl groups is 1. The summed E-state index contributed by atoms with van der Waals surface area (Å²) >= 11 is 11.8. The van der Waals surface area contributed by atoms with Crippen LogP contribution in [0.1, 0.15) is 22.8 Å². The van der Waals surface area contributed by atoms with Crippen molar-refractivity contribution < 1.29 is 20.1 Å². The third-order valence-electron chi connectivity index (χ3n) is 3.10. The summed E-state index contributed by atoms with van der Waals surface area (Å²) < 4.78 is 5.03.